The van der Waals surface area contributed by atoms with Crippen molar-refractivity contribution in [2.24, 2.45) is 0 Å². The molecule has 0 spiro atoms. The van der Waals surface area contributed by atoms with Crippen LogP contribution in [0.3, 0.4) is 0 Å². The molecule has 1 heterocycles. The zero-order chi connectivity index (χ0) is 15.5. The van der Waals surface area contributed by atoms with Crippen LogP contribution in [0.25, 0.3) is 0 Å². The highest BCUT2D eigenvalue weighted by molar-refractivity contribution is 7.89. The summed E-state index contributed by atoms with van der Waals surface area (Å²) in [6.07, 6.45) is 3.01. The first kappa shape index (κ1) is 15.7. The van der Waals surface area contributed by atoms with Gasteiger partial charge >= 0.3 is 5.69 Å². The van der Waals surface area contributed by atoms with Gasteiger partial charge in [-0.25, -0.2) is 13.1 Å². The maximum atomic E-state index is 12.1. The van der Waals surface area contributed by atoms with Gasteiger partial charge < -0.3 is 10.4 Å². The zero-order valence-corrected chi connectivity index (χ0v) is 12.1. The van der Waals surface area contributed by atoms with Gasteiger partial charge in [0.2, 0.25) is 10.0 Å². The summed E-state index contributed by atoms with van der Waals surface area (Å²) in [4.78, 5) is 9.67. The second-order valence-corrected chi connectivity index (χ2v) is 6.67. The van der Waals surface area contributed by atoms with Gasteiger partial charge in [-0.2, -0.15) is 0 Å². The molecule has 21 heavy (non-hydrogen) atoms. The van der Waals surface area contributed by atoms with E-state index in [1.807, 2.05) is 0 Å². The third-order valence-electron chi connectivity index (χ3n) is 3.39. The van der Waals surface area contributed by atoms with Gasteiger partial charge in [-0.1, -0.05) is 6.42 Å². The maximum Gasteiger partial charge on any atom is 0.312 e. The Hall–Kier alpha value is -1.71. The van der Waals surface area contributed by atoms with E-state index in [-0.39, 0.29) is 17.5 Å². The first-order valence-corrected chi connectivity index (χ1v) is 8.09. The molecule has 116 valence electrons. The van der Waals surface area contributed by atoms with Gasteiger partial charge in [0.25, 0.3) is 0 Å². The van der Waals surface area contributed by atoms with Crippen molar-refractivity contribution in [3.63, 3.8) is 0 Å². The summed E-state index contributed by atoms with van der Waals surface area (Å²) in [5.74, 6) is -0.562. The third-order valence-corrected chi connectivity index (χ3v) is 4.81. The largest absolute Gasteiger partial charge is 0.502 e. The Bertz CT molecular complexity index is 626. The molecule has 2 rings (SSSR count). The molecule has 0 radical (unpaired) electrons. The highest BCUT2D eigenvalue weighted by Crippen LogP contribution is 2.28. The molecule has 0 aromatic heterocycles. The smallest absolute Gasteiger partial charge is 0.312 e. The third kappa shape index (κ3) is 3.90. The van der Waals surface area contributed by atoms with Gasteiger partial charge in [0.1, 0.15) is 0 Å². The van der Waals surface area contributed by atoms with Gasteiger partial charge in [0, 0.05) is 18.7 Å². The Kier molecular flexibility index (Phi) is 4.76. The van der Waals surface area contributed by atoms with Gasteiger partial charge in [0.05, 0.1) is 9.82 Å². The number of benzene rings is 1. The summed E-state index contributed by atoms with van der Waals surface area (Å²) in [5.41, 5.74) is -0.631. The molecule has 1 aliphatic heterocycles. The Morgan fingerprint density at radius 1 is 1.43 bits per heavy atom. The number of phenols is 1. The van der Waals surface area contributed by atoms with E-state index in [9.17, 15) is 23.6 Å². The molecule has 0 aliphatic carbocycles. The molecule has 1 aromatic rings. The number of aromatic hydroxyl groups is 1. The lowest BCUT2D eigenvalue weighted by Crippen LogP contribution is -2.43. The van der Waals surface area contributed by atoms with Crippen molar-refractivity contribution in [1.29, 1.82) is 0 Å². The summed E-state index contributed by atoms with van der Waals surface area (Å²) >= 11 is 0. The number of hydrogen-bond donors (Lipinski definition) is 3. The van der Waals surface area contributed by atoms with Crippen molar-refractivity contribution in [3.8, 4) is 5.75 Å². The fourth-order valence-corrected chi connectivity index (χ4v) is 3.31. The van der Waals surface area contributed by atoms with E-state index in [2.05, 4.69) is 10.0 Å². The predicted molar refractivity (Wildman–Crippen MR) is 75.6 cm³/mol. The molecule has 0 bridgehead atoms. The number of hydrogen-bond acceptors (Lipinski definition) is 6. The van der Waals surface area contributed by atoms with Crippen molar-refractivity contribution in [2.75, 3.05) is 13.1 Å². The van der Waals surface area contributed by atoms with Crippen LogP contribution in [-0.2, 0) is 10.0 Å². The molecule has 1 aliphatic rings. The van der Waals surface area contributed by atoms with Gasteiger partial charge in [-0.3, -0.25) is 10.1 Å². The van der Waals surface area contributed by atoms with Gasteiger partial charge in [-0.05, 0) is 31.5 Å². The molecule has 8 nitrogen and oxygen atoms in total. The van der Waals surface area contributed by atoms with E-state index in [1.54, 1.807) is 0 Å². The predicted octanol–water partition coefficient (Wildman–Crippen LogP) is 0.721. The van der Waals surface area contributed by atoms with Crippen LogP contribution in [0.4, 0.5) is 5.69 Å². The summed E-state index contributed by atoms with van der Waals surface area (Å²) < 4.78 is 26.7. The molecule has 1 fully saturated rings. The van der Waals surface area contributed by atoms with Gasteiger partial charge in [0.15, 0.2) is 5.75 Å². The van der Waals surface area contributed by atoms with E-state index in [0.717, 1.165) is 44.0 Å². The molecule has 0 amide bonds. The number of nitrogens with one attached hydrogen (secondary N) is 2. The molecule has 1 unspecified atom stereocenters. The highest BCUT2D eigenvalue weighted by atomic mass is 32.2. The van der Waals surface area contributed by atoms with Crippen molar-refractivity contribution in [3.05, 3.63) is 28.3 Å². The second-order valence-electron chi connectivity index (χ2n) is 4.91. The first-order chi connectivity index (χ1) is 9.90. The van der Waals surface area contributed by atoms with E-state index >= 15 is 0 Å². The monoisotopic (exact) mass is 315 g/mol. The maximum absolute atomic E-state index is 12.1. The van der Waals surface area contributed by atoms with Crippen LogP contribution in [0.1, 0.15) is 19.3 Å². The summed E-state index contributed by atoms with van der Waals surface area (Å²) in [6, 6.07) is 3.07. The normalized spacial score (nSPS) is 19.3. The quantitative estimate of drug-likeness (QED) is 0.544. The van der Waals surface area contributed by atoms with Crippen LogP contribution in [0, 0.1) is 10.1 Å². The first-order valence-electron chi connectivity index (χ1n) is 6.60. The Labute approximate surface area is 122 Å². The number of rotatable bonds is 5. The van der Waals surface area contributed by atoms with Crippen LogP contribution in [0.15, 0.2) is 23.1 Å². The minimum absolute atomic E-state index is 0.0700. The van der Waals surface area contributed by atoms with Crippen molar-refractivity contribution >= 4 is 15.7 Å². The van der Waals surface area contributed by atoms with Crippen molar-refractivity contribution in [1.82, 2.24) is 10.0 Å². The average Bonchev–Trinajstić information content (AvgIpc) is 2.46. The summed E-state index contributed by atoms with van der Waals surface area (Å²) in [6.45, 7) is 1.09. The second kappa shape index (κ2) is 6.37. The molecule has 1 aromatic carbocycles. The van der Waals surface area contributed by atoms with E-state index < -0.39 is 26.4 Å². The summed E-state index contributed by atoms with van der Waals surface area (Å²) in [5, 5.41) is 23.3. The Morgan fingerprint density at radius 3 is 2.81 bits per heavy atom. The lowest BCUT2D eigenvalue weighted by molar-refractivity contribution is -0.386. The lowest BCUT2D eigenvalue weighted by Gasteiger charge is -2.23. The molecular formula is C12H17N3O5S. The number of piperidine rings is 1. The SMILES string of the molecule is O=[N+]([O-])c1cc(S(=O)(=O)NCC2CCCCN2)ccc1O. The number of nitrogens with zero attached hydrogens (tertiary/aromatic N) is 1. The number of nitro benzene ring substituents is 1. The van der Waals surface area contributed by atoms with E-state index in [4.69, 9.17) is 0 Å². The van der Waals surface area contributed by atoms with E-state index in [0.29, 0.717) is 0 Å². The van der Waals surface area contributed by atoms with Crippen LogP contribution < -0.4 is 10.0 Å². The van der Waals surface area contributed by atoms with E-state index in [1.165, 1.54) is 0 Å². The Balaban J connectivity index is 2.11. The van der Waals surface area contributed by atoms with Crippen LogP contribution in [0.2, 0.25) is 0 Å². The lowest BCUT2D eigenvalue weighted by atomic mass is 10.1. The standard InChI is InChI=1S/C12H17N3O5S/c16-12-5-4-10(7-11(12)15(17)18)21(19,20)14-8-9-3-1-2-6-13-9/h4-5,7,9,13-14,16H,1-3,6,8H2. The number of phenolic OH excluding ortho intramolecular Hbond substituents is 1. The average molecular weight is 315 g/mol. The molecule has 0 saturated carbocycles. The number of sulfonamides is 1. The fourth-order valence-electron chi connectivity index (χ4n) is 2.21. The number of nitro groups is 1. The fraction of sp³-hybridized carbons (Fsp3) is 0.500. The summed E-state index contributed by atoms with van der Waals surface area (Å²) in [7, 11) is -3.84. The van der Waals surface area contributed by atoms with Crippen LogP contribution >= 0.6 is 0 Å². The zero-order valence-electron chi connectivity index (χ0n) is 11.3. The van der Waals surface area contributed by atoms with Crippen molar-refractivity contribution in [2.45, 2.75) is 30.2 Å². The molecule has 9 heteroatoms. The minimum atomic E-state index is -3.84. The van der Waals surface area contributed by atoms with Crippen LogP contribution in [-0.4, -0.2) is 37.6 Å². The minimum Gasteiger partial charge on any atom is -0.502 e. The topological polar surface area (TPSA) is 122 Å². The molecule has 1 atom stereocenters. The van der Waals surface area contributed by atoms with Crippen molar-refractivity contribution < 1.29 is 18.4 Å². The molecule has 1 saturated heterocycles. The Morgan fingerprint density at radius 2 is 2.19 bits per heavy atom. The van der Waals surface area contributed by atoms with Crippen LogP contribution in [0.5, 0.6) is 5.75 Å². The molecule has 3 N–H and O–H groups in total. The highest BCUT2D eigenvalue weighted by Gasteiger charge is 2.22. The van der Waals surface area contributed by atoms with Gasteiger partial charge in [-0.15, -0.1) is 0 Å². The molecular weight excluding hydrogens is 298 g/mol.